The zero-order valence-electron chi connectivity index (χ0n) is 13.2. The van der Waals surface area contributed by atoms with Crippen molar-refractivity contribution in [3.63, 3.8) is 0 Å². The fraction of sp³-hybridized carbons (Fsp3) is 0.471. The maximum Gasteiger partial charge on any atom is 0.255 e. The number of amides is 1. The standard InChI is InChI=1S/C17H25NO3/c1-5-7-8-14-13(3)9-10-15(16(14)21-6-2)17(19)18-11-12-20-4/h8-10H,3,5-7,11-12H2,1-2,4H3,(H,18,19)/b14-8+. The van der Waals surface area contributed by atoms with E-state index in [9.17, 15) is 4.79 Å². The van der Waals surface area contributed by atoms with Gasteiger partial charge in [-0.2, -0.15) is 0 Å². The highest BCUT2D eigenvalue weighted by molar-refractivity contribution is 5.97. The van der Waals surface area contributed by atoms with Gasteiger partial charge in [0.15, 0.2) is 0 Å². The SMILES string of the molecule is C=c1ccc(C(=O)NCCOC)c(OCC)/c1=C/CCC. The van der Waals surface area contributed by atoms with Crippen LogP contribution in [-0.4, -0.2) is 32.8 Å². The van der Waals surface area contributed by atoms with Crippen molar-refractivity contribution in [2.75, 3.05) is 26.9 Å². The molecule has 4 nitrogen and oxygen atoms in total. The first-order valence-electron chi connectivity index (χ1n) is 7.37. The molecule has 1 amide bonds. The molecule has 0 aliphatic rings. The lowest BCUT2D eigenvalue weighted by Gasteiger charge is -2.12. The highest BCUT2D eigenvalue weighted by Crippen LogP contribution is 2.12. The minimum absolute atomic E-state index is 0.151. The zero-order valence-corrected chi connectivity index (χ0v) is 13.2. The van der Waals surface area contributed by atoms with Crippen molar-refractivity contribution in [2.45, 2.75) is 26.7 Å². The lowest BCUT2D eigenvalue weighted by atomic mass is 10.1. The number of rotatable bonds is 8. The van der Waals surface area contributed by atoms with Crippen LogP contribution in [0.5, 0.6) is 5.75 Å². The number of hydrogen-bond donors (Lipinski definition) is 1. The summed E-state index contributed by atoms with van der Waals surface area (Å²) in [6.45, 7) is 9.52. The molecule has 0 spiro atoms. The Bertz CT molecular complexity index is 566. The normalized spacial score (nSPS) is 11.5. The van der Waals surface area contributed by atoms with Crippen LogP contribution in [0, 0.1) is 0 Å². The summed E-state index contributed by atoms with van der Waals surface area (Å²) in [4.78, 5) is 12.3. The summed E-state index contributed by atoms with van der Waals surface area (Å²) in [6, 6.07) is 3.62. The molecule has 1 N–H and O–H groups in total. The van der Waals surface area contributed by atoms with E-state index in [0.29, 0.717) is 31.1 Å². The van der Waals surface area contributed by atoms with Crippen LogP contribution in [-0.2, 0) is 4.74 Å². The molecule has 21 heavy (non-hydrogen) atoms. The average molecular weight is 291 g/mol. The van der Waals surface area contributed by atoms with Crippen LogP contribution in [0.15, 0.2) is 12.1 Å². The number of nitrogens with one attached hydrogen (secondary N) is 1. The van der Waals surface area contributed by atoms with Crippen LogP contribution >= 0.6 is 0 Å². The van der Waals surface area contributed by atoms with Gasteiger partial charge in [0.25, 0.3) is 5.91 Å². The van der Waals surface area contributed by atoms with Gasteiger partial charge in [0.05, 0.1) is 18.8 Å². The molecule has 0 atom stereocenters. The van der Waals surface area contributed by atoms with Crippen molar-refractivity contribution in [2.24, 2.45) is 0 Å². The summed E-state index contributed by atoms with van der Waals surface area (Å²) in [6.07, 6.45) is 4.05. The average Bonchev–Trinajstić information content (AvgIpc) is 2.47. The molecular formula is C17H25NO3. The molecule has 116 valence electrons. The molecule has 0 fully saturated rings. The van der Waals surface area contributed by atoms with Gasteiger partial charge in [-0.1, -0.05) is 32.1 Å². The quantitative estimate of drug-likeness (QED) is 0.738. The van der Waals surface area contributed by atoms with Gasteiger partial charge in [0.2, 0.25) is 0 Å². The van der Waals surface area contributed by atoms with E-state index in [0.717, 1.165) is 23.3 Å². The molecule has 0 bridgehead atoms. The Balaban J connectivity index is 3.19. The van der Waals surface area contributed by atoms with Gasteiger partial charge in [-0.05, 0) is 24.6 Å². The van der Waals surface area contributed by atoms with Gasteiger partial charge in [0.1, 0.15) is 5.75 Å². The minimum atomic E-state index is -0.151. The second kappa shape index (κ2) is 9.19. The van der Waals surface area contributed by atoms with Gasteiger partial charge >= 0.3 is 0 Å². The lowest BCUT2D eigenvalue weighted by molar-refractivity contribution is 0.0933. The predicted molar refractivity (Wildman–Crippen MR) is 86.0 cm³/mol. The van der Waals surface area contributed by atoms with Gasteiger partial charge < -0.3 is 14.8 Å². The van der Waals surface area contributed by atoms with E-state index in [2.05, 4.69) is 24.9 Å². The smallest absolute Gasteiger partial charge is 0.255 e. The second-order valence-corrected chi connectivity index (χ2v) is 4.69. The second-order valence-electron chi connectivity index (χ2n) is 4.69. The van der Waals surface area contributed by atoms with Crippen LogP contribution in [0.25, 0.3) is 12.7 Å². The summed E-state index contributed by atoms with van der Waals surface area (Å²) < 4.78 is 10.6. The van der Waals surface area contributed by atoms with Crippen molar-refractivity contribution in [1.29, 1.82) is 0 Å². The number of carbonyl (C=O) groups excluding carboxylic acids is 1. The first-order valence-corrected chi connectivity index (χ1v) is 7.37. The molecule has 4 heteroatoms. The molecule has 0 radical (unpaired) electrons. The minimum Gasteiger partial charge on any atom is -0.492 e. The summed E-state index contributed by atoms with van der Waals surface area (Å²) >= 11 is 0. The van der Waals surface area contributed by atoms with E-state index in [1.54, 1.807) is 13.2 Å². The Morgan fingerprint density at radius 1 is 1.38 bits per heavy atom. The maximum atomic E-state index is 12.3. The largest absolute Gasteiger partial charge is 0.492 e. The molecule has 0 aromatic heterocycles. The topological polar surface area (TPSA) is 47.6 Å². The third-order valence-electron chi connectivity index (χ3n) is 3.05. The van der Waals surface area contributed by atoms with E-state index in [4.69, 9.17) is 9.47 Å². The monoisotopic (exact) mass is 291 g/mol. The molecule has 0 heterocycles. The van der Waals surface area contributed by atoms with Gasteiger partial charge in [-0.25, -0.2) is 0 Å². The maximum absolute atomic E-state index is 12.3. The van der Waals surface area contributed by atoms with E-state index < -0.39 is 0 Å². The lowest BCUT2D eigenvalue weighted by Crippen LogP contribution is -2.32. The number of unbranched alkanes of at least 4 members (excludes halogenated alkanes) is 1. The molecule has 1 rings (SSSR count). The first-order chi connectivity index (χ1) is 10.2. The van der Waals surface area contributed by atoms with Crippen LogP contribution < -0.4 is 20.5 Å². The van der Waals surface area contributed by atoms with E-state index in [1.807, 2.05) is 13.0 Å². The molecule has 1 aromatic carbocycles. The molecule has 0 saturated carbocycles. The molecule has 0 unspecified atom stereocenters. The van der Waals surface area contributed by atoms with Gasteiger partial charge in [-0.15, -0.1) is 0 Å². The summed E-state index contributed by atoms with van der Waals surface area (Å²) in [5.74, 6) is 0.468. The first kappa shape index (κ1) is 17.2. The number of ether oxygens (including phenoxy) is 2. The van der Waals surface area contributed by atoms with E-state index in [1.165, 1.54) is 0 Å². The molecule has 1 aromatic rings. The van der Waals surface area contributed by atoms with Crippen molar-refractivity contribution in [3.8, 4) is 5.75 Å². The van der Waals surface area contributed by atoms with Crippen LogP contribution in [0.2, 0.25) is 0 Å². The number of hydrogen-bond acceptors (Lipinski definition) is 3. The third-order valence-corrected chi connectivity index (χ3v) is 3.05. The van der Waals surface area contributed by atoms with Crippen molar-refractivity contribution >= 4 is 18.6 Å². The third kappa shape index (κ3) is 4.90. The number of carbonyl (C=O) groups is 1. The van der Waals surface area contributed by atoms with E-state index >= 15 is 0 Å². The fourth-order valence-corrected chi connectivity index (χ4v) is 1.99. The fourth-order valence-electron chi connectivity index (χ4n) is 1.99. The Kier molecular flexibility index (Phi) is 7.54. The molecule has 0 aliphatic carbocycles. The predicted octanol–water partition coefficient (Wildman–Crippen LogP) is 1.45. The highest BCUT2D eigenvalue weighted by atomic mass is 16.5. The van der Waals surface area contributed by atoms with Gasteiger partial charge in [-0.3, -0.25) is 4.79 Å². The summed E-state index contributed by atoms with van der Waals surface area (Å²) in [7, 11) is 1.60. The number of benzene rings is 1. The Hall–Kier alpha value is -1.81. The molecule has 0 aliphatic heterocycles. The van der Waals surface area contributed by atoms with E-state index in [-0.39, 0.29) is 5.91 Å². The van der Waals surface area contributed by atoms with Crippen LogP contribution in [0.4, 0.5) is 0 Å². The summed E-state index contributed by atoms with van der Waals surface area (Å²) in [5.41, 5.74) is 0.544. The Morgan fingerprint density at radius 3 is 2.76 bits per heavy atom. The summed E-state index contributed by atoms with van der Waals surface area (Å²) in [5, 5.41) is 4.61. The van der Waals surface area contributed by atoms with Crippen molar-refractivity contribution in [1.82, 2.24) is 5.32 Å². The van der Waals surface area contributed by atoms with Gasteiger partial charge in [0, 0.05) is 18.9 Å². The highest BCUT2D eigenvalue weighted by Gasteiger charge is 2.13. The Labute approximate surface area is 126 Å². The van der Waals surface area contributed by atoms with Crippen molar-refractivity contribution < 1.29 is 14.3 Å². The molecular weight excluding hydrogens is 266 g/mol. The zero-order chi connectivity index (χ0) is 15.7. The Morgan fingerprint density at radius 2 is 2.14 bits per heavy atom. The van der Waals surface area contributed by atoms with Crippen LogP contribution in [0.3, 0.4) is 0 Å². The molecule has 0 saturated heterocycles. The van der Waals surface area contributed by atoms with Crippen molar-refractivity contribution in [3.05, 3.63) is 28.1 Å². The van der Waals surface area contributed by atoms with Crippen LogP contribution in [0.1, 0.15) is 37.0 Å². The number of methoxy groups -OCH3 is 1.